The summed E-state index contributed by atoms with van der Waals surface area (Å²) < 4.78 is 28.4. The molecule has 0 radical (unpaired) electrons. The second kappa shape index (κ2) is 7.42. The Morgan fingerprint density at radius 3 is 2.20 bits per heavy atom. The quantitative estimate of drug-likeness (QED) is 0.653. The van der Waals surface area contributed by atoms with Gasteiger partial charge in [0, 0.05) is 5.56 Å². The topological polar surface area (TPSA) is 87.6 Å². The van der Waals surface area contributed by atoms with Crippen molar-refractivity contribution in [1.29, 1.82) is 0 Å². The summed E-state index contributed by atoms with van der Waals surface area (Å²) in [5.74, 6) is -0.278. The first-order valence-electron chi connectivity index (χ1n) is 9.45. The molecule has 1 amide bonds. The molecule has 3 aromatic carbocycles. The van der Waals surface area contributed by atoms with Crippen molar-refractivity contribution in [3.8, 4) is 0 Å². The third kappa shape index (κ3) is 3.71. The molecule has 0 saturated heterocycles. The largest absolute Gasteiger partial charge is 0.320 e. The van der Waals surface area contributed by atoms with Crippen LogP contribution in [0.2, 0.25) is 0 Å². The van der Waals surface area contributed by atoms with Gasteiger partial charge in [-0.1, -0.05) is 35.9 Å². The number of fused-ring (bicyclic) bond motifs is 1. The molecule has 1 aliphatic heterocycles. The van der Waals surface area contributed by atoms with Gasteiger partial charge in [0.25, 0.3) is 15.9 Å². The fourth-order valence-corrected chi connectivity index (χ4v) is 4.78. The van der Waals surface area contributed by atoms with E-state index in [1.54, 1.807) is 12.1 Å². The molecule has 7 heteroatoms. The molecular formula is C23H21N3O3S. The molecule has 30 heavy (non-hydrogen) atoms. The number of anilines is 2. The van der Waals surface area contributed by atoms with Crippen LogP contribution in [-0.4, -0.2) is 20.0 Å². The number of para-hydroxylation sites is 1. The van der Waals surface area contributed by atoms with Gasteiger partial charge in [-0.25, -0.2) is 13.4 Å². The van der Waals surface area contributed by atoms with Gasteiger partial charge in [0.2, 0.25) is 0 Å². The zero-order valence-electron chi connectivity index (χ0n) is 16.9. The first-order valence-corrected chi connectivity index (χ1v) is 10.9. The van der Waals surface area contributed by atoms with Crippen LogP contribution in [0.25, 0.3) is 0 Å². The Hall–Kier alpha value is -3.45. The van der Waals surface area contributed by atoms with Crippen LogP contribution in [0.4, 0.5) is 17.1 Å². The van der Waals surface area contributed by atoms with Crippen molar-refractivity contribution in [1.82, 2.24) is 0 Å². The van der Waals surface area contributed by atoms with Gasteiger partial charge in [-0.2, -0.15) is 0 Å². The van der Waals surface area contributed by atoms with Crippen molar-refractivity contribution in [3.05, 3.63) is 82.9 Å². The number of aliphatic imine (C=N–C) groups is 1. The van der Waals surface area contributed by atoms with Crippen molar-refractivity contribution >= 4 is 38.7 Å². The van der Waals surface area contributed by atoms with Gasteiger partial charge in [0.1, 0.15) is 5.71 Å². The zero-order chi connectivity index (χ0) is 21.5. The number of hydrogen-bond donors (Lipinski definition) is 2. The lowest BCUT2D eigenvalue weighted by Gasteiger charge is -2.14. The van der Waals surface area contributed by atoms with E-state index < -0.39 is 10.0 Å². The predicted octanol–water partition coefficient (Wildman–Crippen LogP) is 4.49. The molecule has 4 rings (SSSR count). The van der Waals surface area contributed by atoms with E-state index in [1.165, 1.54) is 12.1 Å². The molecule has 0 aliphatic carbocycles. The minimum absolute atomic E-state index is 0.127. The third-order valence-corrected chi connectivity index (χ3v) is 6.31. The van der Waals surface area contributed by atoms with E-state index in [1.807, 2.05) is 57.2 Å². The summed E-state index contributed by atoms with van der Waals surface area (Å²) >= 11 is 0. The van der Waals surface area contributed by atoms with E-state index in [2.05, 4.69) is 15.0 Å². The van der Waals surface area contributed by atoms with Crippen LogP contribution in [0.1, 0.15) is 22.3 Å². The monoisotopic (exact) mass is 419 g/mol. The molecular weight excluding hydrogens is 398 g/mol. The van der Waals surface area contributed by atoms with E-state index in [0.29, 0.717) is 22.8 Å². The molecule has 152 valence electrons. The van der Waals surface area contributed by atoms with Crippen LogP contribution in [-0.2, 0) is 14.8 Å². The molecule has 1 heterocycles. The van der Waals surface area contributed by atoms with Crippen LogP contribution in [0, 0.1) is 20.8 Å². The minimum atomic E-state index is -3.75. The van der Waals surface area contributed by atoms with Gasteiger partial charge in [0.05, 0.1) is 22.0 Å². The van der Waals surface area contributed by atoms with Gasteiger partial charge in [0.15, 0.2) is 0 Å². The number of carbonyl (C=O) groups excluding carboxylic acids is 1. The van der Waals surface area contributed by atoms with Crippen molar-refractivity contribution in [3.63, 3.8) is 0 Å². The summed E-state index contributed by atoms with van der Waals surface area (Å²) in [6, 6.07) is 17.3. The van der Waals surface area contributed by atoms with Crippen molar-refractivity contribution in [2.75, 3.05) is 10.0 Å². The Balaban J connectivity index is 1.62. The van der Waals surface area contributed by atoms with Crippen LogP contribution >= 0.6 is 0 Å². The first-order chi connectivity index (χ1) is 14.2. The first kappa shape index (κ1) is 19.8. The van der Waals surface area contributed by atoms with Crippen molar-refractivity contribution in [2.45, 2.75) is 25.7 Å². The Labute approximate surface area is 175 Å². The fourth-order valence-electron chi connectivity index (χ4n) is 3.58. The summed E-state index contributed by atoms with van der Waals surface area (Å²) in [4.78, 5) is 16.7. The van der Waals surface area contributed by atoms with Crippen LogP contribution in [0.3, 0.4) is 0 Å². The average molecular weight is 420 g/mol. The highest BCUT2D eigenvalue weighted by Crippen LogP contribution is 2.28. The van der Waals surface area contributed by atoms with Gasteiger partial charge in [-0.3, -0.25) is 9.52 Å². The van der Waals surface area contributed by atoms with E-state index in [9.17, 15) is 13.2 Å². The second-order valence-electron chi connectivity index (χ2n) is 7.33. The Kier molecular flexibility index (Phi) is 4.91. The molecule has 2 N–H and O–H groups in total. The molecule has 0 unspecified atom stereocenters. The van der Waals surface area contributed by atoms with Crippen LogP contribution in [0.5, 0.6) is 0 Å². The number of rotatable bonds is 4. The number of hydrogen-bond acceptors (Lipinski definition) is 4. The number of benzene rings is 3. The number of sulfonamides is 1. The minimum Gasteiger partial charge on any atom is -0.320 e. The van der Waals surface area contributed by atoms with E-state index in [4.69, 9.17) is 0 Å². The smallest absolute Gasteiger partial charge is 0.275 e. The van der Waals surface area contributed by atoms with E-state index in [0.717, 1.165) is 22.3 Å². The standard InChI is InChI=1S/C23H21N3O3S/c1-14-12-15(2)21(16(3)13-14)26-30(28,29)18-10-8-17(9-11-18)24-22-19-6-4-5-7-20(19)25-23(22)27/h4-13,26H,1-3H3,(H,24,25,27). The Bertz CT molecular complexity index is 1270. The lowest BCUT2D eigenvalue weighted by molar-refractivity contribution is -0.110. The highest BCUT2D eigenvalue weighted by atomic mass is 32.2. The Morgan fingerprint density at radius 2 is 1.53 bits per heavy atom. The molecule has 0 saturated carbocycles. The number of nitrogens with zero attached hydrogens (tertiary/aromatic N) is 1. The fraction of sp³-hybridized carbons (Fsp3) is 0.130. The highest BCUT2D eigenvalue weighted by molar-refractivity contribution is 7.92. The SMILES string of the molecule is Cc1cc(C)c(NS(=O)(=O)c2ccc(N=C3C(=O)Nc4ccccc43)cc2)c(C)c1. The lowest BCUT2D eigenvalue weighted by Crippen LogP contribution is -2.15. The highest BCUT2D eigenvalue weighted by Gasteiger charge is 2.25. The normalized spacial score (nSPS) is 14.5. The van der Waals surface area contributed by atoms with Crippen LogP contribution in [0.15, 0.2) is 70.6 Å². The molecule has 0 fully saturated rings. The second-order valence-corrected chi connectivity index (χ2v) is 9.02. The van der Waals surface area contributed by atoms with Gasteiger partial charge >= 0.3 is 0 Å². The van der Waals surface area contributed by atoms with Crippen LogP contribution < -0.4 is 10.0 Å². The van der Waals surface area contributed by atoms with E-state index in [-0.39, 0.29) is 10.8 Å². The molecule has 1 aliphatic rings. The molecule has 3 aromatic rings. The number of carbonyl (C=O) groups is 1. The predicted molar refractivity (Wildman–Crippen MR) is 119 cm³/mol. The summed E-state index contributed by atoms with van der Waals surface area (Å²) in [6.07, 6.45) is 0. The van der Waals surface area contributed by atoms with E-state index >= 15 is 0 Å². The molecule has 0 aromatic heterocycles. The molecule has 0 spiro atoms. The maximum Gasteiger partial charge on any atom is 0.275 e. The summed E-state index contributed by atoms with van der Waals surface area (Å²) in [6.45, 7) is 5.73. The number of nitrogens with one attached hydrogen (secondary N) is 2. The summed E-state index contributed by atoms with van der Waals surface area (Å²) in [7, 11) is -3.75. The number of aryl methyl sites for hydroxylation is 3. The van der Waals surface area contributed by atoms with Gasteiger partial charge in [-0.15, -0.1) is 0 Å². The molecule has 0 atom stereocenters. The molecule has 6 nitrogen and oxygen atoms in total. The Morgan fingerprint density at radius 1 is 0.900 bits per heavy atom. The van der Waals surface area contributed by atoms with Crippen molar-refractivity contribution < 1.29 is 13.2 Å². The van der Waals surface area contributed by atoms with Gasteiger partial charge in [-0.05, 0) is 62.2 Å². The summed E-state index contributed by atoms with van der Waals surface area (Å²) in [5.41, 5.74) is 5.65. The number of amides is 1. The summed E-state index contributed by atoms with van der Waals surface area (Å²) in [5, 5.41) is 2.77. The van der Waals surface area contributed by atoms with Crippen molar-refractivity contribution in [2.24, 2.45) is 4.99 Å². The average Bonchev–Trinajstić information content (AvgIpc) is 3.00. The lowest BCUT2D eigenvalue weighted by atomic mass is 10.1. The molecule has 0 bridgehead atoms. The third-order valence-electron chi connectivity index (χ3n) is 4.95. The maximum absolute atomic E-state index is 12.9. The maximum atomic E-state index is 12.9. The zero-order valence-corrected chi connectivity index (χ0v) is 17.7. The van der Waals surface area contributed by atoms with Gasteiger partial charge < -0.3 is 5.32 Å².